The Morgan fingerprint density at radius 1 is 0.540 bits per heavy atom. The SMILES string of the molecule is CC/C=C/C/C=C/C/C=C/C/C=C/CCCCC(=O)O[C@H](COC(=O)CCCCCC/C=C/C/C=C/C/C=C/CCCCC)COP(=O)(O)O. The average molecular weight is 719 g/mol. The normalized spacial score (nSPS) is 13.4. The Morgan fingerprint density at radius 2 is 0.960 bits per heavy atom. The van der Waals surface area contributed by atoms with Crippen LogP contribution < -0.4 is 0 Å². The molecule has 0 aromatic carbocycles. The number of esters is 2. The number of hydrogen-bond donors (Lipinski definition) is 2. The van der Waals surface area contributed by atoms with Crippen molar-refractivity contribution in [1.29, 1.82) is 0 Å². The van der Waals surface area contributed by atoms with Crippen LogP contribution in [-0.4, -0.2) is 41.0 Å². The van der Waals surface area contributed by atoms with Gasteiger partial charge in [-0.3, -0.25) is 14.1 Å². The van der Waals surface area contributed by atoms with Crippen LogP contribution in [0.4, 0.5) is 0 Å². The van der Waals surface area contributed by atoms with Gasteiger partial charge in [-0.15, -0.1) is 0 Å². The van der Waals surface area contributed by atoms with Crippen molar-refractivity contribution in [3.63, 3.8) is 0 Å². The molecule has 0 aromatic heterocycles. The molecule has 0 radical (unpaired) electrons. The molecule has 0 aliphatic carbocycles. The van der Waals surface area contributed by atoms with Crippen molar-refractivity contribution in [2.24, 2.45) is 0 Å². The second kappa shape index (κ2) is 36.0. The summed E-state index contributed by atoms with van der Waals surface area (Å²) in [5, 5.41) is 0. The van der Waals surface area contributed by atoms with Crippen LogP contribution in [0.5, 0.6) is 0 Å². The first-order valence-corrected chi connectivity index (χ1v) is 20.4. The van der Waals surface area contributed by atoms with Crippen LogP contribution in [0.2, 0.25) is 0 Å². The van der Waals surface area contributed by atoms with E-state index in [1.54, 1.807) is 0 Å². The van der Waals surface area contributed by atoms with Crippen molar-refractivity contribution in [3.8, 4) is 0 Å². The van der Waals surface area contributed by atoms with Gasteiger partial charge in [0.1, 0.15) is 6.61 Å². The van der Waals surface area contributed by atoms with E-state index in [9.17, 15) is 14.2 Å². The third kappa shape index (κ3) is 38.0. The van der Waals surface area contributed by atoms with Crippen LogP contribution in [0.25, 0.3) is 0 Å². The summed E-state index contributed by atoms with van der Waals surface area (Å²) in [7, 11) is -4.77. The summed E-state index contributed by atoms with van der Waals surface area (Å²) in [5.41, 5.74) is 0. The van der Waals surface area contributed by atoms with E-state index in [2.05, 4.69) is 103 Å². The van der Waals surface area contributed by atoms with Gasteiger partial charge >= 0.3 is 19.8 Å². The predicted octanol–water partition coefficient (Wildman–Crippen LogP) is 11.3. The predicted molar refractivity (Wildman–Crippen MR) is 207 cm³/mol. The number of phosphoric acid groups is 1. The molecular formula is C41H67O8P. The lowest BCUT2D eigenvalue weighted by molar-refractivity contribution is -0.161. The second-order valence-corrected chi connectivity index (χ2v) is 13.4. The first-order chi connectivity index (χ1) is 24.3. The van der Waals surface area contributed by atoms with E-state index in [-0.39, 0.29) is 19.4 Å². The fraction of sp³-hybridized carbons (Fsp3) is 0.610. The van der Waals surface area contributed by atoms with E-state index >= 15 is 0 Å². The molecule has 0 saturated heterocycles. The summed E-state index contributed by atoms with van der Waals surface area (Å²) >= 11 is 0. The molecule has 0 amide bonds. The van der Waals surface area contributed by atoms with E-state index in [1.807, 2.05) is 0 Å². The Morgan fingerprint density at radius 3 is 1.46 bits per heavy atom. The average Bonchev–Trinajstić information content (AvgIpc) is 3.08. The summed E-state index contributed by atoms with van der Waals surface area (Å²) in [5.74, 6) is -0.969. The van der Waals surface area contributed by atoms with Crippen molar-refractivity contribution in [3.05, 3.63) is 85.1 Å². The summed E-state index contributed by atoms with van der Waals surface area (Å²) < 4.78 is 26.2. The maximum absolute atomic E-state index is 12.3. The highest BCUT2D eigenvalue weighted by atomic mass is 31.2. The monoisotopic (exact) mass is 718 g/mol. The Balaban J connectivity index is 4.11. The number of rotatable bonds is 33. The molecular weight excluding hydrogens is 651 g/mol. The smallest absolute Gasteiger partial charge is 0.462 e. The molecule has 0 spiro atoms. The minimum absolute atomic E-state index is 0.149. The van der Waals surface area contributed by atoms with Gasteiger partial charge in [0.25, 0.3) is 0 Å². The number of phosphoric ester groups is 1. The zero-order chi connectivity index (χ0) is 36.8. The number of carbonyl (C=O) groups excluding carboxylic acids is 2. The van der Waals surface area contributed by atoms with Gasteiger partial charge in [-0.1, -0.05) is 125 Å². The number of ether oxygens (including phenoxy) is 2. The quantitative estimate of drug-likeness (QED) is 0.0298. The van der Waals surface area contributed by atoms with Gasteiger partial charge in [0, 0.05) is 12.8 Å². The number of hydrogen-bond acceptors (Lipinski definition) is 6. The number of unbranched alkanes of at least 4 members (excludes halogenated alkanes) is 9. The first-order valence-electron chi connectivity index (χ1n) is 18.9. The Hall–Kier alpha value is -2.77. The van der Waals surface area contributed by atoms with E-state index in [0.29, 0.717) is 12.8 Å². The minimum Gasteiger partial charge on any atom is -0.462 e. The third-order valence-electron chi connectivity index (χ3n) is 7.40. The molecule has 1 atom stereocenters. The zero-order valence-corrected chi connectivity index (χ0v) is 31.9. The van der Waals surface area contributed by atoms with Gasteiger partial charge in [0.2, 0.25) is 0 Å². The zero-order valence-electron chi connectivity index (χ0n) is 31.0. The molecule has 0 aromatic rings. The lowest BCUT2D eigenvalue weighted by atomic mass is 10.1. The van der Waals surface area contributed by atoms with Crippen LogP contribution in [0.15, 0.2) is 85.1 Å². The molecule has 284 valence electrons. The van der Waals surface area contributed by atoms with Crippen molar-refractivity contribution >= 4 is 19.8 Å². The van der Waals surface area contributed by atoms with Crippen molar-refractivity contribution in [2.75, 3.05) is 13.2 Å². The molecule has 0 aliphatic rings. The lowest BCUT2D eigenvalue weighted by Gasteiger charge is -2.18. The molecule has 50 heavy (non-hydrogen) atoms. The molecule has 0 rings (SSSR count). The van der Waals surface area contributed by atoms with E-state index in [4.69, 9.17) is 19.3 Å². The molecule has 2 N–H and O–H groups in total. The van der Waals surface area contributed by atoms with Gasteiger partial charge in [0.05, 0.1) is 6.61 Å². The standard InChI is InChI=1S/C41H67O8P/c1-3-5-7-9-11-13-15-17-19-20-22-23-25-27-29-31-33-35-40(42)47-37-39(38-48-50(44,45)46)49-41(43)36-34-32-30-28-26-24-21-18-16-14-12-10-8-6-4-2/h6,8,11-14,17-19,21-23,26,28,39H,3-5,7,9-10,15-16,20,24-25,27,29-38H2,1-2H3,(H2,44,45,46)/b8-6+,13-11+,14-12+,19-17+,21-18+,23-22+,28-26+/t39-/m1/s1. The molecule has 8 nitrogen and oxygen atoms in total. The summed E-state index contributed by atoms with van der Waals surface area (Å²) in [6.45, 7) is 3.46. The van der Waals surface area contributed by atoms with Gasteiger partial charge in [-0.25, -0.2) is 4.57 Å². The third-order valence-corrected chi connectivity index (χ3v) is 7.88. The van der Waals surface area contributed by atoms with E-state index in [1.165, 1.54) is 25.7 Å². The first kappa shape index (κ1) is 47.2. The van der Waals surface area contributed by atoms with Gasteiger partial charge < -0.3 is 19.3 Å². The highest BCUT2D eigenvalue weighted by molar-refractivity contribution is 7.46. The van der Waals surface area contributed by atoms with Crippen LogP contribution in [-0.2, 0) is 28.2 Å². The Bertz CT molecular complexity index is 1080. The maximum Gasteiger partial charge on any atom is 0.469 e. The van der Waals surface area contributed by atoms with Crippen LogP contribution in [0.1, 0.15) is 142 Å². The minimum atomic E-state index is -4.77. The highest BCUT2D eigenvalue weighted by Gasteiger charge is 2.22. The number of carbonyl (C=O) groups is 2. The van der Waals surface area contributed by atoms with Crippen molar-refractivity contribution in [2.45, 2.75) is 148 Å². The molecule has 0 aliphatic heterocycles. The fourth-order valence-electron chi connectivity index (χ4n) is 4.60. The van der Waals surface area contributed by atoms with E-state index < -0.39 is 32.5 Å². The molecule has 0 saturated carbocycles. The summed E-state index contributed by atoms with van der Waals surface area (Å²) in [6.07, 6.45) is 47.3. The van der Waals surface area contributed by atoms with E-state index in [0.717, 1.165) is 77.0 Å². The van der Waals surface area contributed by atoms with Crippen LogP contribution in [0, 0.1) is 0 Å². The molecule has 0 unspecified atom stereocenters. The van der Waals surface area contributed by atoms with Crippen LogP contribution >= 0.6 is 7.82 Å². The van der Waals surface area contributed by atoms with Gasteiger partial charge in [-0.2, -0.15) is 0 Å². The summed E-state index contributed by atoms with van der Waals surface area (Å²) in [4.78, 5) is 42.7. The highest BCUT2D eigenvalue weighted by Crippen LogP contribution is 2.35. The van der Waals surface area contributed by atoms with Crippen LogP contribution in [0.3, 0.4) is 0 Å². The van der Waals surface area contributed by atoms with Crippen molar-refractivity contribution < 1.29 is 37.9 Å². The Labute approximate surface area is 303 Å². The largest absolute Gasteiger partial charge is 0.469 e. The van der Waals surface area contributed by atoms with Gasteiger partial charge in [-0.05, 0) is 89.9 Å². The summed E-state index contributed by atoms with van der Waals surface area (Å²) in [6, 6.07) is 0. The fourth-order valence-corrected chi connectivity index (χ4v) is 4.96. The maximum atomic E-state index is 12.3. The van der Waals surface area contributed by atoms with Gasteiger partial charge in [0.15, 0.2) is 6.10 Å². The molecule has 0 bridgehead atoms. The molecule has 9 heteroatoms. The van der Waals surface area contributed by atoms with Crippen molar-refractivity contribution in [1.82, 2.24) is 0 Å². The lowest BCUT2D eigenvalue weighted by Crippen LogP contribution is -2.29. The molecule has 0 heterocycles. The Kier molecular flexibility index (Phi) is 34.0. The second-order valence-electron chi connectivity index (χ2n) is 12.2. The molecule has 0 fully saturated rings. The topological polar surface area (TPSA) is 119 Å². The number of allylic oxidation sites excluding steroid dienone is 14.